The lowest BCUT2D eigenvalue weighted by atomic mass is 9.70. The molecule has 0 saturated heterocycles. The summed E-state index contributed by atoms with van der Waals surface area (Å²) in [6.07, 6.45) is 1.73. The average molecular weight is 943 g/mol. The smallest absolute Gasteiger partial charge is 0.343 e. The summed E-state index contributed by atoms with van der Waals surface area (Å²) in [6, 6.07) is 29.9. The van der Waals surface area contributed by atoms with Gasteiger partial charge < -0.3 is 18.9 Å². The normalized spacial score (nSPS) is 13.1. The Balaban J connectivity index is 1.22. The van der Waals surface area contributed by atoms with Gasteiger partial charge in [0.2, 0.25) is 0 Å². The third-order valence-corrected chi connectivity index (χ3v) is 13.7. The van der Waals surface area contributed by atoms with Crippen molar-refractivity contribution in [3.8, 4) is 23.0 Å². The van der Waals surface area contributed by atoms with Crippen LogP contribution >= 0.6 is 0 Å². The highest BCUT2D eigenvalue weighted by atomic mass is 16.5. The van der Waals surface area contributed by atoms with E-state index in [0.717, 1.165) is 79.8 Å². The van der Waals surface area contributed by atoms with E-state index in [4.69, 9.17) is 18.9 Å². The maximum Gasteiger partial charge on any atom is 0.343 e. The van der Waals surface area contributed by atoms with Gasteiger partial charge in [-0.3, -0.25) is 4.79 Å². The van der Waals surface area contributed by atoms with E-state index < -0.39 is 23.3 Å². The molecule has 0 aliphatic heterocycles. The predicted octanol–water partition coefficient (Wildman–Crippen LogP) is 14.7. The molecule has 0 amide bonds. The number of ether oxygens (including phenoxy) is 4. The van der Waals surface area contributed by atoms with E-state index in [0.29, 0.717) is 40.2 Å². The van der Waals surface area contributed by atoms with Crippen LogP contribution in [0.5, 0.6) is 23.0 Å². The molecule has 0 N–H and O–H groups in total. The van der Waals surface area contributed by atoms with Crippen molar-refractivity contribution in [1.29, 1.82) is 0 Å². The van der Waals surface area contributed by atoms with Gasteiger partial charge in [0, 0.05) is 16.4 Å². The molecular formula is C62H70O8. The number of rotatable bonds is 16. The SMILES string of the molecule is COc1c(C)cc(C(C)(CC(C)C)c2cc(C)c(OC(=O)c3cccc(C(=O)Oc4c(C)cc(C(C)(CC(C)C)c5cc(C)c(OC(=O)c6ccc(C(C)=O)cc6)c(C)c5)cc4C)c3)c(C)c2)cc1C. The minimum absolute atomic E-state index is 0.0738. The average Bonchev–Trinajstić information content (AvgIpc) is 3.28. The van der Waals surface area contributed by atoms with Gasteiger partial charge in [-0.25, -0.2) is 14.4 Å². The summed E-state index contributed by atoms with van der Waals surface area (Å²) in [5, 5.41) is 0. The number of carbonyl (C=O) groups is 4. The number of esters is 3. The topological polar surface area (TPSA) is 105 Å². The summed E-state index contributed by atoms with van der Waals surface area (Å²) in [7, 11) is 1.71. The van der Waals surface area contributed by atoms with Crippen LogP contribution in [0, 0.1) is 67.2 Å². The fourth-order valence-corrected chi connectivity index (χ4v) is 10.4. The number of hydrogen-bond donors (Lipinski definition) is 0. The Bertz CT molecular complexity index is 2900. The van der Waals surface area contributed by atoms with Crippen molar-refractivity contribution in [3.63, 3.8) is 0 Å². The molecule has 8 heteroatoms. The summed E-state index contributed by atoms with van der Waals surface area (Å²) >= 11 is 0. The first-order chi connectivity index (χ1) is 32.9. The number of carbonyl (C=O) groups excluding carboxylic acids is 4. The molecule has 8 nitrogen and oxygen atoms in total. The van der Waals surface area contributed by atoms with E-state index in [9.17, 15) is 19.2 Å². The molecule has 0 aromatic heterocycles. The Morgan fingerprint density at radius 3 is 0.957 bits per heavy atom. The van der Waals surface area contributed by atoms with Gasteiger partial charge in [0.25, 0.3) is 0 Å². The van der Waals surface area contributed by atoms with Crippen LogP contribution in [0.3, 0.4) is 0 Å². The van der Waals surface area contributed by atoms with Gasteiger partial charge in [-0.1, -0.05) is 108 Å². The molecule has 6 aromatic rings. The van der Waals surface area contributed by atoms with E-state index in [-0.39, 0.29) is 22.3 Å². The Hall–Kier alpha value is -6.80. The van der Waals surface area contributed by atoms with E-state index in [1.807, 2.05) is 41.5 Å². The third-order valence-electron chi connectivity index (χ3n) is 13.7. The van der Waals surface area contributed by atoms with Crippen molar-refractivity contribution in [2.75, 3.05) is 7.11 Å². The number of hydrogen-bond acceptors (Lipinski definition) is 8. The lowest BCUT2D eigenvalue weighted by Gasteiger charge is -2.34. The molecule has 0 spiro atoms. The van der Waals surface area contributed by atoms with Crippen molar-refractivity contribution in [3.05, 3.63) is 186 Å². The fourth-order valence-electron chi connectivity index (χ4n) is 10.4. The minimum Gasteiger partial charge on any atom is -0.496 e. The summed E-state index contributed by atoms with van der Waals surface area (Å²) < 4.78 is 23.9. The number of benzene rings is 6. The third kappa shape index (κ3) is 11.1. The van der Waals surface area contributed by atoms with Crippen molar-refractivity contribution in [1.82, 2.24) is 0 Å². The molecule has 0 saturated carbocycles. The Morgan fingerprint density at radius 2 is 0.686 bits per heavy atom. The Labute approximate surface area is 415 Å². The second-order valence-corrected chi connectivity index (χ2v) is 20.7. The van der Waals surface area contributed by atoms with E-state index in [2.05, 4.69) is 104 Å². The monoisotopic (exact) mass is 943 g/mol. The molecule has 70 heavy (non-hydrogen) atoms. The van der Waals surface area contributed by atoms with Gasteiger partial charge in [0.05, 0.1) is 23.8 Å². The van der Waals surface area contributed by atoms with E-state index in [1.165, 1.54) is 18.6 Å². The summed E-state index contributed by atoms with van der Waals surface area (Å²) in [5.74, 6) is 1.36. The van der Waals surface area contributed by atoms with Gasteiger partial charge >= 0.3 is 17.9 Å². The molecule has 2 unspecified atom stereocenters. The summed E-state index contributed by atoms with van der Waals surface area (Å²) in [6.45, 7) is 30.7. The predicted molar refractivity (Wildman–Crippen MR) is 280 cm³/mol. The lowest BCUT2D eigenvalue weighted by Crippen LogP contribution is -2.27. The molecule has 0 bridgehead atoms. The Kier molecular flexibility index (Phi) is 15.8. The fraction of sp³-hybridized carbons (Fsp3) is 0.355. The van der Waals surface area contributed by atoms with Crippen molar-refractivity contribution >= 4 is 23.7 Å². The van der Waals surface area contributed by atoms with Crippen LogP contribution in [0.1, 0.15) is 170 Å². The first kappa shape index (κ1) is 52.6. The van der Waals surface area contributed by atoms with Gasteiger partial charge in [-0.2, -0.15) is 0 Å². The van der Waals surface area contributed by atoms with Crippen LogP contribution in [-0.2, 0) is 10.8 Å². The summed E-state index contributed by atoms with van der Waals surface area (Å²) in [4.78, 5) is 52.7. The van der Waals surface area contributed by atoms with Crippen LogP contribution in [0.2, 0.25) is 0 Å². The van der Waals surface area contributed by atoms with Crippen LogP contribution in [0.25, 0.3) is 0 Å². The lowest BCUT2D eigenvalue weighted by molar-refractivity contribution is 0.0719. The molecule has 0 aliphatic carbocycles. The molecule has 0 aliphatic rings. The second-order valence-electron chi connectivity index (χ2n) is 20.7. The molecular weight excluding hydrogens is 873 g/mol. The zero-order valence-electron chi connectivity index (χ0n) is 44.1. The van der Waals surface area contributed by atoms with Gasteiger partial charge in [-0.05, 0) is 184 Å². The largest absolute Gasteiger partial charge is 0.496 e. The van der Waals surface area contributed by atoms with Crippen molar-refractivity contribution in [2.24, 2.45) is 11.8 Å². The van der Waals surface area contributed by atoms with Crippen molar-refractivity contribution < 1.29 is 38.1 Å². The molecule has 2 atom stereocenters. The van der Waals surface area contributed by atoms with E-state index >= 15 is 0 Å². The maximum atomic E-state index is 13.9. The van der Waals surface area contributed by atoms with Gasteiger partial charge in [0.15, 0.2) is 5.78 Å². The number of methoxy groups -OCH3 is 1. The zero-order valence-corrected chi connectivity index (χ0v) is 44.1. The Morgan fingerprint density at radius 1 is 0.414 bits per heavy atom. The highest BCUT2D eigenvalue weighted by molar-refractivity contribution is 5.98. The standard InChI is InChI=1S/C62H70O8/c1-35(2)33-61(14,50-24-37(5)54(67-16)38(6)25-50)51-28-41(9)56(42(10)29-51)69-59(65)48-18-17-19-49(32-48)60(66)70-57-43(11)30-53(31-44(57)12)62(15,34-36(3)4)52-26-39(7)55(40(8)27-52)68-58(64)47-22-20-46(21-23-47)45(13)63/h17-32,35-36H,33-34H2,1-16H3. The maximum absolute atomic E-state index is 13.9. The highest BCUT2D eigenvalue weighted by Gasteiger charge is 2.34. The zero-order chi connectivity index (χ0) is 51.6. The molecule has 6 rings (SSSR count). The minimum atomic E-state index is -0.588. The van der Waals surface area contributed by atoms with Crippen LogP contribution in [0.15, 0.2) is 97.1 Å². The number of aryl methyl sites for hydroxylation is 8. The first-order valence-corrected chi connectivity index (χ1v) is 24.2. The first-order valence-electron chi connectivity index (χ1n) is 24.2. The van der Waals surface area contributed by atoms with E-state index in [1.54, 1.807) is 49.6 Å². The van der Waals surface area contributed by atoms with Gasteiger partial charge in [-0.15, -0.1) is 0 Å². The van der Waals surface area contributed by atoms with Crippen LogP contribution < -0.4 is 18.9 Å². The second kappa shape index (κ2) is 21.1. The molecule has 6 aromatic carbocycles. The number of ketones is 1. The molecule has 0 radical (unpaired) electrons. The molecule has 0 fully saturated rings. The van der Waals surface area contributed by atoms with Crippen LogP contribution in [0.4, 0.5) is 0 Å². The van der Waals surface area contributed by atoms with Crippen LogP contribution in [-0.4, -0.2) is 30.8 Å². The quantitative estimate of drug-likeness (QED) is 0.0537. The number of Topliss-reactive ketones (excluding diaryl/α,β-unsaturated/α-hetero) is 1. The molecule has 366 valence electrons. The van der Waals surface area contributed by atoms with Gasteiger partial charge in [0.1, 0.15) is 23.0 Å². The summed E-state index contributed by atoms with van der Waals surface area (Å²) in [5.41, 5.74) is 12.1. The van der Waals surface area contributed by atoms with Crippen molar-refractivity contribution in [2.45, 2.75) is 128 Å². The highest BCUT2D eigenvalue weighted by Crippen LogP contribution is 2.45. The molecule has 0 heterocycles.